The predicted molar refractivity (Wildman–Crippen MR) is 78.0 cm³/mol. The fourth-order valence-electron chi connectivity index (χ4n) is 2.49. The first kappa shape index (κ1) is 13.9. The lowest BCUT2D eigenvalue weighted by Gasteiger charge is -2.11. The van der Waals surface area contributed by atoms with E-state index >= 15 is 0 Å². The fourth-order valence-corrected chi connectivity index (χ4v) is 2.91. The average molecular weight is 331 g/mol. The molecule has 2 atom stereocenters. The summed E-state index contributed by atoms with van der Waals surface area (Å²) in [5.41, 5.74) is 0.620. The molecule has 1 aromatic carbocycles. The monoisotopic (exact) mass is 329 g/mol. The zero-order valence-electron chi connectivity index (χ0n) is 10.4. The second kappa shape index (κ2) is 6.07. The van der Waals surface area contributed by atoms with E-state index in [4.69, 9.17) is 11.6 Å². The van der Waals surface area contributed by atoms with E-state index in [1.165, 1.54) is 19.3 Å². The Morgan fingerprint density at radius 2 is 2.28 bits per heavy atom. The number of benzene rings is 1. The molecule has 1 amide bonds. The van der Waals surface area contributed by atoms with Crippen LogP contribution in [-0.2, 0) is 0 Å². The average Bonchev–Trinajstić information content (AvgIpc) is 2.75. The molecule has 2 rings (SSSR count). The molecule has 0 aliphatic heterocycles. The Morgan fingerprint density at radius 3 is 2.89 bits per heavy atom. The lowest BCUT2D eigenvalue weighted by molar-refractivity contribution is 0.0947. The van der Waals surface area contributed by atoms with Crippen molar-refractivity contribution in [3.63, 3.8) is 0 Å². The van der Waals surface area contributed by atoms with Crippen molar-refractivity contribution in [1.29, 1.82) is 0 Å². The molecule has 2 unspecified atom stereocenters. The Kier molecular flexibility index (Phi) is 4.68. The lowest BCUT2D eigenvalue weighted by Crippen LogP contribution is -2.28. The summed E-state index contributed by atoms with van der Waals surface area (Å²) in [7, 11) is 0. The fraction of sp³-hybridized carbons (Fsp3) is 0.500. The molecule has 0 heterocycles. The van der Waals surface area contributed by atoms with Gasteiger partial charge < -0.3 is 5.32 Å². The Morgan fingerprint density at radius 1 is 1.50 bits per heavy atom. The molecule has 0 spiro atoms. The number of halogens is 2. The number of rotatable bonds is 3. The molecule has 1 aliphatic rings. The van der Waals surface area contributed by atoms with Crippen LogP contribution < -0.4 is 5.32 Å². The minimum Gasteiger partial charge on any atom is -0.352 e. The molecule has 0 bridgehead atoms. The van der Waals surface area contributed by atoms with Gasteiger partial charge in [-0.3, -0.25) is 4.79 Å². The second-order valence-electron chi connectivity index (χ2n) is 5.12. The van der Waals surface area contributed by atoms with E-state index in [0.717, 1.165) is 16.9 Å². The van der Waals surface area contributed by atoms with Crippen LogP contribution in [0.4, 0.5) is 0 Å². The smallest absolute Gasteiger partial charge is 0.251 e. The van der Waals surface area contributed by atoms with Crippen molar-refractivity contribution in [1.82, 2.24) is 5.32 Å². The van der Waals surface area contributed by atoms with Crippen LogP contribution in [0.15, 0.2) is 22.7 Å². The Balaban J connectivity index is 1.89. The number of carbonyl (C=O) groups excluding carboxylic acids is 1. The molecule has 0 aromatic heterocycles. The van der Waals surface area contributed by atoms with Gasteiger partial charge in [0.05, 0.1) is 5.02 Å². The number of carbonyl (C=O) groups is 1. The highest BCUT2D eigenvalue weighted by atomic mass is 79.9. The van der Waals surface area contributed by atoms with E-state index in [1.54, 1.807) is 18.2 Å². The molecule has 2 nitrogen and oxygen atoms in total. The van der Waals surface area contributed by atoms with E-state index in [-0.39, 0.29) is 5.91 Å². The summed E-state index contributed by atoms with van der Waals surface area (Å²) in [5, 5.41) is 3.56. The van der Waals surface area contributed by atoms with Crippen molar-refractivity contribution >= 4 is 33.4 Å². The summed E-state index contributed by atoms with van der Waals surface area (Å²) in [6.45, 7) is 3.05. The normalized spacial score (nSPS) is 23.1. The van der Waals surface area contributed by atoms with Crippen LogP contribution in [-0.4, -0.2) is 12.5 Å². The molecule has 98 valence electrons. The molecule has 1 fully saturated rings. The molecular weight excluding hydrogens is 314 g/mol. The van der Waals surface area contributed by atoms with Crippen molar-refractivity contribution < 1.29 is 4.79 Å². The Hall–Kier alpha value is -0.540. The zero-order chi connectivity index (χ0) is 13.1. The number of hydrogen-bond donors (Lipinski definition) is 1. The van der Waals surface area contributed by atoms with Gasteiger partial charge in [-0.1, -0.05) is 24.9 Å². The van der Waals surface area contributed by atoms with Gasteiger partial charge in [-0.25, -0.2) is 0 Å². The van der Waals surface area contributed by atoms with E-state index < -0.39 is 0 Å². The highest BCUT2D eigenvalue weighted by Gasteiger charge is 2.21. The number of hydrogen-bond acceptors (Lipinski definition) is 1. The SMILES string of the molecule is CC1CCC(CNC(=O)c2ccc(Br)c(Cl)c2)C1. The van der Waals surface area contributed by atoms with Gasteiger partial charge in [0, 0.05) is 16.6 Å². The van der Waals surface area contributed by atoms with Gasteiger partial charge in [-0.15, -0.1) is 0 Å². The molecule has 1 aliphatic carbocycles. The molecule has 1 saturated carbocycles. The van der Waals surface area contributed by atoms with Crippen LogP contribution in [0.25, 0.3) is 0 Å². The summed E-state index contributed by atoms with van der Waals surface area (Å²) >= 11 is 9.29. The van der Waals surface area contributed by atoms with Crippen LogP contribution in [0.5, 0.6) is 0 Å². The maximum atomic E-state index is 12.0. The minimum absolute atomic E-state index is 0.0380. The minimum atomic E-state index is -0.0380. The van der Waals surface area contributed by atoms with Crippen LogP contribution in [0, 0.1) is 11.8 Å². The molecule has 1 N–H and O–H groups in total. The van der Waals surface area contributed by atoms with E-state index in [2.05, 4.69) is 28.2 Å². The van der Waals surface area contributed by atoms with Crippen LogP contribution in [0.2, 0.25) is 5.02 Å². The zero-order valence-corrected chi connectivity index (χ0v) is 12.7. The maximum absolute atomic E-state index is 12.0. The maximum Gasteiger partial charge on any atom is 0.251 e. The Labute approximate surface area is 121 Å². The van der Waals surface area contributed by atoms with E-state index in [0.29, 0.717) is 16.5 Å². The van der Waals surface area contributed by atoms with Gasteiger partial charge >= 0.3 is 0 Å². The Bertz CT molecular complexity index is 449. The summed E-state index contributed by atoms with van der Waals surface area (Å²) < 4.78 is 0.810. The third-order valence-electron chi connectivity index (χ3n) is 3.54. The lowest BCUT2D eigenvalue weighted by atomic mass is 10.1. The summed E-state index contributed by atoms with van der Waals surface area (Å²) in [5.74, 6) is 1.40. The highest BCUT2D eigenvalue weighted by molar-refractivity contribution is 9.10. The predicted octanol–water partition coefficient (Wildman–Crippen LogP) is 4.27. The molecule has 18 heavy (non-hydrogen) atoms. The summed E-state index contributed by atoms with van der Waals surface area (Å²) in [4.78, 5) is 12.0. The van der Waals surface area contributed by atoms with E-state index in [9.17, 15) is 4.79 Å². The van der Waals surface area contributed by atoms with Crippen molar-refractivity contribution in [3.05, 3.63) is 33.3 Å². The molecule has 0 saturated heterocycles. The first-order chi connectivity index (χ1) is 8.56. The number of amides is 1. The van der Waals surface area contributed by atoms with Gasteiger partial charge in [-0.05, 0) is 58.8 Å². The van der Waals surface area contributed by atoms with Crippen molar-refractivity contribution in [3.8, 4) is 0 Å². The topological polar surface area (TPSA) is 29.1 Å². The first-order valence-corrected chi connectivity index (χ1v) is 7.46. The third-order valence-corrected chi connectivity index (χ3v) is 4.77. The molecular formula is C14H17BrClNO. The highest BCUT2D eigenvalue weighted by Crippen LogP contribution is 2.29. The molecule has 0 radical (unpaired) electrons. The first-order valence-electron chi connectivity index (χ1n) is 6.29. The second-order valence-corrected chi connectivity index (χ2v) is 6.38. The third kappa shape index (κ3) is 3.48. The van der Waals surface area contributed by atoms with Gasteiger partial charge in [0.15, 0.2) is 0 Å². The van der Waals surface area contributed by atoms with Crippen LogP contribution in [0.3, 0.4) is 0 Å². The van der Waals surface area contributed by atoms with Gasteiger partial charge in [0.2, 0.25) is 0 Å². The van der Waals surface area contributed by atoms with Crippen LogP contribution >= 0.6 is 27.5 Å². The van der Waals surface area contributed by atoms with Crippen molar-refractivity contribution in [2.24, 2.45) is 11.8 Å². The van der Waals surface area contributed by atoms with Crippen LogP contribution in [0.1, 0.15) is 36.5 Å². The standard InChI is InChI=1S/C14H17BrClNO/c1-9-2-3-10(6-9)8-17-14(18)11-4-5-12(15)13(16)7-11/h4-5,7,9-10H,2-3,6,8H2,1H3,(H,17,18). The van der Waals surface area contributed by atoms with Gasteiger partial charge in [0.25, 0.3) is 5.91 Å². The summed E-state index contributed by atoms with van der Waals surface area (Å²) in [6.07, 6.45) is 3.73. The van der Waals surface area contributed by atoms with Crippen molar-refractivity contribution in [2.75, 3.05) is 6.54 Å². The quantitative estimate of drug-likeness (QED) is 0.881. The summed E-state index contributed by atoms with van der Waals surface area (Å²) in [6, 6.07) is 5.27. The van der Waals surface area contributed by atoms with Gasteiger partial charge in [0.1, 0.15) is 0 Å². The largest absolute Gasteiger partial charge is 0.352 e. The number of nitrogens with one attached hydrogen (secondary N) is 1. The molecule has 1 aromatic rings. The van der Waals surface area contributed by atoms with Crippen molar-refractivity contribution in [2.45, 2.75) is 26.2 Å². The van der Waals surface area contributed by atoms with Gasteiger partial charge in [-0.2, -0.15) is 0 Å². The van der Waals surface area contributed by atoms with E-state index in [1.807, 2.05) is 0 Å². The molecule has 4 heteroatoms.